The number of hydrogen-bond acceptors (Lipinski definition) is 3. The smallest absolute Gasteiger partial charge is 0.326 e. The van der Waals surface area contributed by atoms with E-state index in [0.29, 0.717) is 10.6 Å². The Kier molecular flexibility index (Phi) is 5.06. The number of halogens is 1. The van der Waals surface area contributed by atoms with Crippen molar-refractivity contribution >= 4 is 23.5 Å². The monoisotopic (exact) mass is 359 g/mol. The second kappa shape index (κ2) is 7.25. The molecule has 1 N–H and O–H groups in total. The number of aliphatic carboxylic acids is 1. The number of carboxylic acids is 1. The van der Waals surface area contributed by atoms with Gasteiger partial charge in [-0.2, -0.15) is 0 Å². The van der Waals surface area contributed by atoms with Crippen molar-refractivity contribution in [2.75, 3.05) is 13.7 Å². The molecule has 5 nitrogen and oxygen atoms in total. The van der Waals surface area contributed by atoms with E-state index in [1.807, 2.05) is 36.4 Å². The quantitative estimate of drug-likeness (QED) is 0.909. The summed E-state index contributed by atoms with van der Waals surface area (Å²) in [6, 6.07) is 13.9. The number of hydrogen-bond donors (Lipinski definition) is 1. The highest BCUT2D eigenvalue weighted by Gasteiger charge is 2.40. The molecular weight excluding hydrogens is 342 g/mol. The number of amides is 1. The fraction of sp³-hybridized carbons (Fsp3) is 0.263. The van der Waals surface area contributed by atoms with Gasteiger partial charge in [0.2, 0.25) is 0 Å². The van der Waals surface area contributed by atoms with Crippen LogP contribution in [0, 0.1) is 0 Å². The molecule has 1 amide bonds. The molecule has 25 heavy (non-hydrogen) atoms. The molecule has 130 valence electrons. The lowest BCUT2D eigenvalue weighted by atomic mass is 10.0. The number of ether oxygens (including phenoxy) is 1. The Morgan fingerprint density at radius 2 is 1.88 bits per heavy atom. The lowest BCUT2D eigenvalue weighted by Gasteiger charge is -2.22. The molecule has 0 radical (unpaired) electrons. The van der Waals surface area contributed by atoms with E-state index in [1.54, 1.807) is 12.1 Å². The van der Waals surface area contributed by atoms with Gasteiger partial charge in [-0.05, 0) is 23.3 Å². The average molecular weight is 360 g/mol. The summed E-state index contributed by atoms with van der Waals surface area (Å²) in [5, 5.41) is 9.71. The number of carboxylic acid groups (broad SMARTS) is 1. The third-order valence-corrected chi connectivity index (χ3v) is 4.78. The predicted molar refractivity (Wildman–Crippen MR) is 94.8 cm³/mol. The van der Waals surface area contributed by atoms with Crippen LogP contribution in [0.15, 0.2) is 48.5 Å². The van der Waals surface area contributed by atoms with E-state index in [1.165, 1.54) is 12.0 Å². The molecule has 2 unspecified atom stereocenters. The topological polar surface area (TPSA) is 66.8 Å². The Bertz CT molecular complexity index is 793. The Hall–Kier alpha value is -2.37. The number of carbonyl (C=O) groups is 2. The lowest BCUT2D eigenvalue weighted by Crippen LogP contribution is -2.40. The summed E-state index contributed by atoms with van der Waals surface area (Å²) in [4.78, 5) is 25.8. The van der Waals surface area contributed by atoms with Gasteiger partial charge in [0.25, 0.3) is 5.91 Å². The van der Waals surface area contributed by atoms with Crippen LogP contribution in [0.1, 0.15) is 16.8 Å². The first-order chi connectivity index (χ1) is 12.0. The number of likely N-dealkylation sites (tertiary alicyclic amines) is 1. The van der Waals surface area contributed by atoms with E-state index < -0.39 is 17.9 Å². The zero-order chi connectivity index (χ0) is 18.0. The summed E-state index contributed by atoms with van der Waals surface area (Å²) in [5.74, 6) is -1.43. The number of nitrogens with zero attached hydrogens (tertiary/aromatic N) is 1. The third kappa shape index (κ3) is 3.52. The molecule has 1 aliphatic heterocycles. The standard InChI is InChI=1S/C19H18ClNO4/c1-25-14-10-17(19(23)24)21(11-14)18(22)15-9-13(7-8-16(15)20)12-5-3-2-4-6-12/h2-9,14,17H,10-11H2,1H3,(H,23,24). The fourth-order valence-corrected chi connectivity index (χ4v) is 3.28. The maximum absolute atomic E-state index is 13.0. The minimum atomic E-state index is -1.04. The average Bonchev–Trinajstić information content (AvgIpc) is 3.07. The molecule has 3 rings (SSSR count). The van der Waals surface area contributed by atoms with Gasteiger partial charge in [-0.15, -0.1) is 0 Å². The largest absolute Gasteiger partial charge is 0.480 e. The van der Waals surface area contributed by atoms with Crippen molar-refractivity contribution in [3.8, 4) is 11.1 Å². The first-order valence-corrected chi connectivity index (χ1v) is 8.30. The zero-order valence-corrected chi connectivity index (χ0v) is 14.4. The Balaban J connectivity index is 1.95. The van der Waals surface area contributed by atoms with Crippen molar-refractivity contribution in [2.24, 2.45) is 0 Å². The van der Waals surface area contributed by atoms with Crippen LogP contribution < -0.4 is 0 Å². The van der Waals surface area contributed by atoms with Gasteiger partial charge >= 0.3 is 5.97 Å². The highest BCUT2D eigenvalue weighted by atomic mass is 35.5. The molecule has 0 saturated carbocycles. The van der Waals surface area contributed by atoms with E-state index >= 15 is 0 Å². The maximum atomic E-state index is 13.0. The molecule has 0 bridgehead atoms. The van der Waals surface area contributed by atoms with E-state index in [0.717, 1.165) is 11.1 Å². The molecule has 2 atom stereocenters. The van der Waals surface area contributed by atoms with Gasteiger partial charge in [-0.1, -0.05) is 48.0 Å². The molecule has 0 spiro atoms. The molecule has 6 heteroatoms. The molecular formula is C19H18ClNO4. The highest BCUT2D eigenvalue weighted by Crippen LogP contribution is 2.29. The van der Waals surface area contributed by atoms with Crippen molar-refractivity contribution in [1.29, 1.82) is 0 Å². The zero-order valence-electron chi connectivity index (χ0n) is 13.7. The third-order valence-electron chi connectivity index (χ3n) is 4.45. The molecule has 1 heterocycles. The molecule has 0 aromatic heterocycles. The van der Waals surface area contributed by atoms with Crippen LogP contribution in [0.25, 0.3) is 11.1 Å². The molecule has 2 aromatic carbocycles. The van der Waals surface area contributed by atoms with Gasteiger partial charge in [0.05, 0.1) is 16.7 Å². The summed E-state index contributed by atoms with van der Waals surface area (Å²) in [6.45, 7) is 0.234. The van der Waals surface area contributed by atoms with Crippen molar-refractivity contribution in [1.82, 2.24) is 4.90 Å². The van der Waals surface area contributed by atoms with E-state index in [9.17, 15) is 14.7 Å². The van der Waals surface area contributed by atoms with Crippen LogP contribution in [-0.2, 0) is 9.53 Å². The Morgan fingerprint density at radius 3 is 2.52 bits per heavy atom. The van der Waals surface area contributed by atoms with E-state index in [-0.39, 0.29) is 19.1 Å². The summed E-state index contributed by atoms with van der Waals surface area (Å²) >= 11 is 6.23. The van der Waals surface area contributed by atoms with Crippen molar-refractivity contribution in [2.45, 2.75) is 18.6 Å². The van der Waals surface area contributed by atoms with Gasteiger partial charge in [-0.3, -0.25) is 4.79 Å². The molecule has 2 aromatic rings. The molecule has 1 aliphatic rings. The fourth-order valence-electron chi connectivity index (χ4n) is 3.08. The summed E-state index contributed by atoms with van der Waals surface area (Å²) in [6.07, 6.45) is -0.0192. The number of rotatable bonds is 4. The highest BCUT2D eigenvalue weighted by molar-refractivity contribution is 6.34. The number of carbonyl (C=O) groups excluding carboxylic acids is 1. The summed E-state index contributed by atoms with van der Waals surface area (Å²) in [5.41, 5.74) is 2.10. The van der Waals surface area contributed by atoms with Crippen LogP contribution in [0.2, 0.25) is 5.02 Å². The number of methoxy groups -OCH3 is 1. The van der Waals surface area contributed by atoms with Crippen LogP contribution in [0.4, 0.5) is 0 Å². The molecule has 1 saturated heterocycles. The summed E-state index contributed by atoms with van der Waals surface area (Å²) < 4.78 is 5.24. The van der Waals surface area contributed by atoms with Gasteiger partial charge in [0, 0.05) is 20.1 Å². The minimum Gasteiger partial charge on any atom is -0.480 e. The maximum Gasteiger partial charge on any atom is 0.326 e. The second-order valence-corrected chi connectivity index (χ2v) is 6.37. The Labute approximate surface area is 150 Å². The van der Waals surface area contributed by atoms with E-state index in [4.69, 9.17) is 16.3 Å². The van der Waals surface area contributed by atoms with Crippen molar-refractivity contribution in [3.63, 3.8) is 0 Å². The van der Waals surface area contributed by atoms with Crippen LogP contribution in [-0.4, -0.2) is 47.7 Å². The van der Waals surface area contributed by atoms with Crippen LogP contribution in [0.5, 0.6) is 0 Å². The van der Waals surface area contributed by atoms with Gasteiger partial charge < -0.3 is 14.7 Å². The first kappa shape index (κ1) is 17.5. The van der Waals surface area contributed by atoms with Crippen LogP contribution >= 0.6 is 11.6 Å². The lowest BCUT2D eigenvalue weighted by molar-refractivity contribution is -0.141. The predicted octanol–water partition coefficient (Wildman–Crippen LogP) is 3.32. The first-order valence-electron chi connectivity index (χ1n) is 7.92. The molecule has 1 fully saturated rings. The summed E-state index contributed by atoms with van der Waals surface area (Å²) in [7, 11) is 1.51. The van der Waals surface area contributed by atoms with Crippen LogP contribution in [0.3, 0.4) is 0 Å². The van der Waals surface area contributed by atoms with E-state index in [2.05, 4.69) is 0 Å². The van der Waals surface area contributed by atoms with Crippen molar-refractivity contribution < 1.29 is 19.4 Å². The van der Waals surface area contributed by atoms with Gasteiger partial charge in [-0.25, -0.2) is 4.79 Å². The SMILES string of the molecule is COC1CC(C(=O)O)N(C(=O)c2cc(-c3ccccc3)ccc2Cl)C1. The van der Waals surface area contributed by atoms with Crippen molar-refractivity contribution in [3.05, 3.63) is 59.1 Å². The Morgan fingerprint density at radius 1 is 1.16 bits per heavy atom. The number of benzene rings is 2. The second-order valence-electron chi connectivity index (χ2n) is 5.97. The van der Waals surface area contributed by atoms with Gasteiger partial charge in [0.1, 0.15) is 6.04 Å². The normalized spacial score (nSPS) is 19.8. The van der Waals surface area contributed by atoms with Gasteiger partial charge in [0.15, 0.2) is 0 Å². The molecule has 0 aliphatic carbocycles. The minimum absolute atomic E-state index is 0.234.